The summed E-state index contributed by atoms with van der Waals surface area (Å²) in [7, 11) is 1.33. The molecular formula is C12H18N2O3S. The number of ether oxygens (including phenoxy) is 1. The van der Waals surface area contributed by atoms with Gasteiger partial charge in [0.1, 0.15) is 0 Å². The summed E-state index contributed by atoms with van der Waals surface area (Å²) in [6.07, 6.45) is 1.16. The van der Waals surface area contributed by atoms with Crippen LogP contribution in [0.4, 0.5) is 0 Å². The average Bonchev–Trinajstić information content (AvgIpc) is 2.75. The van der Waals surface area contributed by atoms with E-state index in [1.165, 1.54) is 18.4 Å². The maximum Gasteiger partial charge on any atom is 0.357 e. The third kappa shape index (κ3) is 4.83. The van der Waals surface area contributed by atoms with Crippen molar-refractivity contribution in [2.45, 2.75) is 26.7 Å². The fourth-order valence-electron chi connectivity index (χ4n) is 1.38. The van der Waals surface area contributed by atoms with E-state index in [0.717, 1.165) is 5.01 Å². The number of thiazole rings is 1. The minimum atomic E-state index is -0.429. The number of nitrogens with zero attached hydrogens (tertiary/aromatic N) is 1. The van der Waals surface area contributed by atoms with Gasteiger partial charge in [-0.05, 0) is 5.92 Å². The van der Waals surface area contributed by atoms with Crippen molar-refractivity contribution in [1.29, 1.82) is 0 Å². The predicted octanol–water partition coefficient (Wildman–Crippen LogP) is 1.63. The van der Waals surface area contributed by atoms with Gasteiger partial charge in [0.15, 0.2) is 5.69 Å². The molecule has 1 aromatic rings. The molecule has 0 aromatic carbocycles. The Kier molecular flexibility index (Phi) is 5.77. The van der Waals surface area contributed by atoms with Crippen molar-refractivity contribution in [3.05, 3.63) is 16.1 Å². The molecule has 1 N–H and O–H groups in total. The van der Waals surface area contributed by atoms with Gasteiger partial charge in [-0.3, -0.25) is 4.79 Å². The summed E-state index contributed by atoms with van der Waals surface area (Å²) < 4.78 is 4.57. The first-order chi connectivity index (χ1) is 8.52. The summed E-state index contributed by atoms with van der Waals surface area (Å²) in [5, 5.41) is 5.31. The summed E-state index contributed by atoms with van der Waals surface area (Å²) in [4.78, 5) is 26.7. The second-order valence-electron chi connectivity index (χ2n) is 4.32. The Labute approximate surface area is 111 Å². The number of rotatable bonds is 6. The lowest BCUT2D eigenvalue weighted by Crippen LogP contribution is -2.26. The van der Waals surface area contributed by atoms with Gasteiger partial charge in [0, 0.05) is 24.8 Å². The summed E-state index contributed by atoms with van der Waals surface area (Å²) in [5.74, 6) is -0.0214. The first kappa shape index (κ1) is 14.6. The molecular weight excluding hydrogens is 252 g/mol. The van der Waals surface area contributed by atoms with Crippen molar-refractivity contribution in [2.24, 2.45) is 5.92 Å². The van der Waals surface area contributed by atoms with Crippen molar-refractivity contribution in [3.8, 4) is 0 Å². The van der Waals surface area contributed by atoms with Gasteiger partial charge >= 0.3 is 5.97 Å². The minimum absolute atomic E-state index is 0.0507. The van der Waals surface area contributed by atoms with Crippen LogP contribution in [0.15, 0.2) is 5.38 Å². The zero-order valence-corrected chi connectivity index (χ0v) is 11.7. The second-order valence-corrected chi connectivity index (χ2v) is 5.26. The number of aromatic nitrogens is 1. The van der Waals surface area contributed by atoms with Crippen LogP contribution in [0, 0.1) is 5.92 Å². The summed E-state index contributed by atoms with van der Waals surface area (Å²) in [6, 6.07) is 0. The lowest BCUT2D eigenvalue weighted by atomic mass is 10.1. The van der Waals surface area contributed by atoms with Crippen LogP contribution in [0.1, 0.15) is 35.8 Å². The first-order valence-corrected chi connectivity index (χ1v) is 6.70. The van der Waals surface area contributed by atoms with Crippen LogP contribution in [0.2, 0.25) is 0 Å². The second kappa shape index (κ2) is 7.10. The fourth-order valence-corrected chi connectivity index (χ4v) is 2.14. The van der Waals surface area contributed by atoms with E-state index in [2.05, 4.69) is 15.0 Å². The number of nitrogens with one attached hydrogen (secondary N) is 1. The van der Waals surface area contributed by atoms with Gasteiger partial charge in [-0.1, -0.05) is 13.8 Å². The highest BCUT2D eigenvalue weighted by atomic mass is 32.1. The molecule has 1 amide bonds. The quantitative estimate of drug-likeness (QED) is 0.798. The highest BCUT2D eigenvalue weighted by Crippen LogP contribution is 2.10. The summed E-state index contributed by atoms with van der Waals surface area (Å²) >= 11 is 1.40. The molecule has 1 rings (SSSR count). The van der Waals surface area contributed by atoms with Crippen molar-refractivity contribution in [3.63, 3.8) is 0 Å². The van der Waals surface area contributed by atoms with Gasteiger partial charge in [0.25, 0.3) is 0 Å². The van der Waals surface area contributed by atoms with Crippen LogP contribution in [0.25, 0.3) is 0 Å². The molecule has 5 nitrogen and oxygen atoms in total. The van der Waals surface area contributed by atoms with E-state index in [1.807, 2.05) is 13.8 Å². The van der Waals surface area contributed by atoms with Gasteiger partial charge in [-0.25, -0.2) is 9.78 Å². The smallest absolute Gasteiger partial charge is 0.357 e. The molecule has 0 aliphatic rings. The van der Waals surface area contributed by atoms with Crippen LogP contribution in [0.5, 0.6) is 0 Å². The lowest BCUT2D eigenvalue weighted by molar-refractivity contribution is -0.121. The number of esters is 1. The first-order valence-electron chi connectivity index (χ1n) is 5.82. The molecule has 0 saturated carbocycles. The summed E-state index contributed by atoms with van der Waals surface area (Å²) in [6.45, 7) is 4.55. The number of hydrogen-bond donors (Lipinski definition) is 1. The third-order valence-electron chi connectivity index (χ3n) is 2.20. The maximum absolute atomic E-state index is 11.4. The third-order valence-corrected chi connectivity index (χ3v) is 3.11. The van der Waals surface area contributed by atoms with Gasteiger partial charge in [0.05, 0.1) is 12.1 Å². The molecule has 0 fully saturated rings. The lowest BCUT2D eigenvalue weighted by Gasteiger charge is -2.05. The fraction of sp³-hybridized carbons (Fsp3) is 0.583. The molecule has 18 heavy (non-hydrogen) atoms. The average molecular weight is 270 g/mol. The molecule has 0 radical (unpaired) electrons. The Morgan fingerprint density at radius 1 is 1.50 bits per heavy atom. The topological polar surface area (TPSA) is 68.3 Å². The Morgan fingerprint density at radius 2 is 2.22 bits per heavy atom. The number of carbonyl (C=O) groups excluding carboxylic acids is 2. The zero-order valence-electron chi connectivity index (χ0n) is 10.9. The highest BCUT2D eigenvalue weighted by Gasteiger charge is 2.10. The molecule has 1 heterocycles. The standard InChI is InChI=1S/C12H18N2O3S/c1-8(2)6-10(15)13-5-4-11-14-9(7-18-11)12(16)17-3/h7-8H,4-6H2,1-3H3,(H,13,15). The van der Waals surface area contributed by atoms with Crippen LogP contribution < -0.4 is 5.32 Å². The van der Waals surface area contributed by atoms with Gasteiger partial charge in [-0.2, -0.15) is 0 Å². The molecule has 0 spiro atoms. The van der Waals surface area contributed by atoms with E-state index < -0.39 is 5.97 Å². The van der Waals surface area contributed by atoms with Crippen LogP contribution in [-0.4, -0.2) is 30.5 Å². The van der Waals surface area contributed by atoms with E-state index in [1.54, 1.807) is 5.38 Å². The molecule has 0 unspecified atom stereocenters. The molecule has 100 valence electrons. The normalized spacial score (nSPS) is 10.4. The predicted molar refractivity (Wildman–Crippen MR) is 69.6 cm³/mol. The number of hydrogen-bond acceptors (Lipinski definition) is 5. The zero-order chi connectivity index (χ0) is 13.5. The highest BCUT2D eigenvalue weighted by molar-refractivity contribution is 7.09. The van der Waals surface area contributed by atoms with Crippen molar-refractivity contribution >= 4 is 23.2 Å². The van der Waals surface area contributed by atoms with E-state index in [0.29, 0.717) is 31.0 Å². The molecule has 0 aliphatic carbocycles. The number of amides is 1. The Bertz CT molecular complexity index is 415. The Hall–Kier alpha value is -1.43. The molecule has 0 bridgehead atoms. The van der Waals surface area contributed by atoms with E-state index >= 15 is 0 Å². The van der Waals surface area contributed by atoms with Crippen molar-refractivity contribution in [1.82, 2.24) is 10.3 Å². The van der Waals surface area contributed by atoms with Crippen molar-refractivity contribution in [2.75, 3.05) is 13.7 Å². The number of methoxy groups -OCH3 is 1. The summed E-state index contributed by atoms with van der Waals surface area (Å²) in [5.41, 5.74) is 0.325. The maximum atomic E-state index is 11.4. The van der Waals surface area contributed by atoms with Crippen LogP contribution in [-0.2, 0) is 16.0 Å². The van der Waals surface area contributed by atoms with E-state index in [9.17, 15) is 9.59 Å². The number of carbonyl (C=O) groups is 2. The van der Waals surface area contributed by atoms with Gasteiger partial charge in [-0.15, -0.1) is 11.3 Å². The molecule has 1 aromatic heterocycles. The van der Waals surface area contributed by atoms with Crippen molar-refractivity contribution < 1.29 is 14.3 Å². The Morgan fingerprint density at radius 3 is 2.83 bits per heavy atom. The monoisotopic (exact) mass is 270 g/mol. The van der Waals surface area contributed by atoms with E-state index in [4.69, 9.17) is 0 Å². The molecule has 0 saturated heterocycles. The van der Waals surface area contributed by atoms with Crippen LogP contribution >= 0.6 is 11.3 Å². The Balaban J connectivity index is 2.33. The van der Waals surface area contributed by atoms with Gasteiger partial charge < -0.3 is 10.1 Å². The van der Waals surface area contributed by atoms with E-state index in [-0.39, 0.29) is 5.91 Å². The minimum Gasteiger partial charge on any atom is -0.464 e. The SMILES string of the molecule is COC(=O)c1csc(CCNC(=O)CC(C)C)n1. The molecule has 0 atom stereocenters. The largest absolute Gasteiger partial charge is 0.464 e. The van der Waals surface area contributed by atoms with Crippen LogP contribution in [0.3, 0.4) is 0 Å². The molecule has 6 heteroatoms. The van der Waals surface area contributed by atoms with Gasteiger partial charge in [0.2, 0.25) is 5.91 Å². The molecule has 0 aliphatic heterocycles.